The minimum Gasteiger partial charge on any atom is -0.347 e. The molecule has 0 aliphatic carbocycles. The number of amides is 1. The number of halogens is 2. The van der Waals surface area contributed by atoms with E-state index in [-0.39, 0.29) is 5.91 Å². The minimum atomic E-state index is -0.227. The van der Waals surface area contributed by atoms with Gasteiger partial charge in [0.25, 0.3) is 5.91 Å². The molecule has 0 aliphatic rings. The number of carbonyl (C=O) groups excluding carboxylic acids is 1. The van der Waals surface area contributed by atoms with Crippen LogP contribution in [-0.2, 0) is 13.6 Å². The van der Waals surface area contributed by atoms with E-state index in [1.54, 1.807) is 20.0 Å². The molecule has 96 valence electrons. The molecule has 0 saturated heterocycles. The Morgan fingerprint density at radius 2 is 2.22 bits per heavy atom. The lowest BCUT2D eigenvalue weighted by Crippen LogP contribution is -2.23. The standard InChI is InChI=1S/C11H11Cl2N3OS/c1-6-9(10(13)16(2)15-6)11(17)14-5-7-3-4-8(12)18-7/h3-4H,5H2,1-2H3,(H,14,17). The summed E-state index contributed by atoms with van der Waals surface area (Å²) in [5, 5.41) is 7.24. The van der Waals surface area contributed by atoms with Crippen molar-refractivity contribution >= 4 is 40.4 Å². The first kappa shape index (κ1) is 13.4. The van der Waals surface area contributed by atoms with E-state index in [4.69, 9.17) is 23.2 Å². The van der Waals surface area contributed by atoms with Crippen LogP contribution >= 0.6 is 34.5 Å². The highest BCUT2D eigenvalue weighted by molar-refractivity contribution is 7.16. The fourth-order valence-corrected chi connectivity index (χ4v) is 2.88. The van der Waals surface area contributed by atoms with Gasteiger partial charge in [0.05, 0.1) is 22.1 Å². The number of rotatable bonds is 3. The summed E-state index contributed by atoms with van der Waals surface area (Å²) in [6, 6.07) is 3.68. The Morgan fingerprint density at radius 1 is 1.50 bits per heavy atom. The van der Waals surface area contributed by atoms with Crippen molar-refractivity contribution in [1.82, 2.24) is 15.1 Å². The highest BCUT2D eigenvalue weighted by Gasteiger charge is 2.18. The highest BCUT2D eigenvalue weighted by atomic mass is 35.5. The van der Waals surface area contributed by atoms with Crippen LogP contribution in [0.3, 0.4) is 0 Å². The molecular weight excluding hydrogens is 293 g/mol. The first-order valence-electron chi connectivity index (χ1n) is 5.20. The number of aromatic nitrogens is 2. The third-order valence-corrected chi connectivity index (χ3v) is 4.10. The van der Waals surface area contributed by atoms with Gasteiger partial charge in [-0.2, -0.15) is 5.10 Å². The average Bonchev–Trinajstić information content (AvgIpc) is 2.82. The molecule has 2 aromatic heterocycles. The summed E-state index contributed by atoms with van der Waals surface area (Å²) in [5.41, 5.74) is 1.03. The van der Waals surface area contributed by atoms with Gasteiger partial charge >= 0.3 is 0 Å². The zero-order chi connectivity index (χ0) is 13.3. The van der Waals surface area contributed by atoms with Gasteiger partial charge < -0.3 is 5.32 Å². The molecule has 0 unspecified atom stereocenters. The number of aryl methyl sites for hydroxylation is 2. The summed E-state index contributed by atoms with van der Waals surface area (Å²) >= 11 is 13.3. The van der Waals surface area contributed by atoms with Crippen LogP contribution in [0.25, 0.3) is 0 Å². The highest BCUT2D eigenvalue weighted by Crippen LogP contribution is 2.22. The van der Waals surface area contributed by atoms with Crippen molar-refractivity contribution in [3.05, 3.63) is 37.8 Å². The molecule has 0 atom stereocenters. The van der Waals surface area contributed by atoms with Crippen molar-refractivity contribution in [3.63, 3.8) is 0 Å². The van der Waals surface area contributed by atoms with Crippen LogP contribution in [0.1, 0.15) is 20.9 Å². The van der Waals surface area contributed by atoms with Crippen LogP contribution in [0.2, 0.25) is 9.49 Å². The second-order valence-electron chi connectivity index (χ2n) is 3.76. The van der Waals surface area contributed by atoms with Crippen LogP contribution in [0.5, 0.6) is 0 Å². The van der Waals surface area contributed by atoms with Crippen molar-refractivity contribution in [2.24, 2.45) is 7.05 Å². The number of hydrogen-bond acceptors (Lipinski definition) is 3. The van der Waals surface area contributed by atoms with Gasteiger partial charge in [0.15, 0.2) is 0 Å². The lowest BCUT2D eigenvalue weighted by Gasteiger charge is -2.03. The number of nitrogens with zero attached hydrogens (tertiary/aromatic N) is 2. The zero-order valence-corrected chi connectivity index (χ0v) is 12.2. The molecule has 2 aromatic rings. The molecule has 0 bridgehead atoms. The van der Waals surface area contributed by atoms with Crippen molar-refractivity contribution < 1.29 is 4.79 Å². The first-order valence-corrected chi connectivity index (χ1v) is 6.77. The van der Waals surface area contributed by atoms with Gasteiger partial charge in [-0.05, 0) is 19.1 Å². The van der Waals surface area contributed by atoms with E-state index in [1.165, 1.54) is 16.0 Å². The largest absolute Gasteiger partial charge is 0.347 e. The Bertz CT molecular complexity index is 591. The molecule has 0 fully saturated rings. The molecule has 7 heteroatoms. The van der Waals surface area contributed by atoms with Gasteiger partial charge in [0.1, 0.15) is 5.15 Å². The maximum absolute atomic E-state index is 12.0. The molecule has 0 spiro atoms. The van der Waals surface area contributed by atoms with E-state index >= 15 is 0 Å². The van der Waals surface area contributed by atoms with Crippen molar-refractivity contribution in [2.75, 3.05) is 0 Å². The Morgan fingerprint density at radius 3 is 2.72 bits per heavy atom. The van der Waals surface area contributed by atoms with Crippen LogP contribution in [0, 0.1) is 6.92 Å². The first-order chi connectivity index (χ1) is 8.49. The van der Waals surface area contributed by atoms with E-state index in [1.807, 2.05) is 6.07 Å². The second-order valence-corrected chi connectivity index (χ2v) is 5.92. The fourth-order valence-electron chi connectivity index (χ4n) is 1.59. The number of carbonyl (C=O) groups is 1. The van der Waals surface area contributed by atoms with Crippen LogP contribution in [0.15, 0.2) is 12.1 Å². The Kier molecular flexibility index (Phi) is 3.94. The fraction of sp³-hybridized carbons (Fsp3) is 0.273. The van der Waals surface area contributed by atoms with Crippen molar-refractivity contribution in [3.8, 4) is 0 Å². The Balaban J connectivity index is 2.08. The quantitative estimate of drug-likeness (QED) is 0.947. The smallest absolute Gasteiger partial charge is 0.256 e. The van der Waals surface area contributed by atoms with E-state index in [2.05, 4.69) is 10.4 Å². The number of nitrogens with one attached hydrogen (secondary N) is 1. The molecule has 0 aromatic carbocycles. The van der Waals surface area contributed by atoms with Gasteiger partial charge in [0, 0.05) is 11.9 Å². The zero-order valence-electron chi connectivity index (χ0n) is 9.83. The predicted octanol–water partition coefficient (Wildman–Crippen LogP) is 3.03. The molecule has 2 rings (SSSR count). The molecule has 0 saturated carbocycles. The van der Waals surface area contributed by atoms with Crippen molar-refractivity contribution in [2.45, 2.75) is 13.5 Å². The normalized spacial score (nSPS) is 10.7. The van der Waals surface area contributed by atoms with E-state index < -0.39 is 0 Å². The molecule has 2 heterocycles. The summed E-state index contributed by atoms with van der Waals surface area (Å²) in [7, 11) is 1.70. The number of thiophene rings is 1. The lowest BCUT2D eigenvalue weighted by atomic mass is 10.2. The average molecular weight is 304 g/mol. The molecule has 0 radical (unpaired) electrons. The lowest BCUT2D eigenvalue weighted by molar-refractivity contribution is 0.0951. The SMILES string of the molecule is Cc1nn(C)c(Cl)c1C(=O)NCc1ccc(Cl)s1. The van der Waals surface area contributed by atoms with Gasteiger partial charge in [-0.25, -0.2) is 0 Å². The topological polar surface area (TPSA) is 46.9 Å². The van der Waals surface area contributed by atoms with Crippen LogP contribution in [0.4, 0.5) is 0 Å². The third kappa shape index (κ3) is 2.68. The number of hydrogen-bond donors (Lipinski definition) is 1. The van der Waals surface area contributed by atoms with Gasteiger partial charge in [-0.15, -0.1) is 11.3 Å². The summed E-state index contributed by atoms with van der Waals surface area (Å²) in [6.45, 7) is 2.18. The van der Waals surface area contributed by atoms with E-state index in [0.29, 0.717) is 27.3 Å². The second kappa shape index (κ2) is 5.30. The summed E-state index contributed by atoms with van der Waals surface area (Å²) in [6.07, 6.45) is 0. The molecule has 1 amide bonds. The maximum atomic E-state index is 12.0. The third-order valence-electron chi connectivity index (χ3n) is 2.43. The Hall–Kier alpha value is -1.04. The molecule has 0 aliphatic heterocycles. The molecule has 4 nitrogen and oxygen atoms in total. The van der Waals surface area contributed by atoms with Gasteiger partial charge in [-0.1, -0.05) is 23.2 Å². The molecule has 1 N–H and O–H groups in total. The van der Waals surface area contributed by atoms with Crippen LogP contribution < -0.4 is 5.32 Å². The monoisotopic (exact) mass is 303 g/mol. The molecule has 18 heavy (non-hydrogen) atoms. The van der Waals surface area contributed by atoms with Crippen LogP contribution in [-0.4, -0.2) is 15.7 Å². The Labute approximate surface area is 119 Å². The van der Waals surface area contributed by atoms with Crippen molar-refractivity contribution in [1.29, 1.82) is 0 Å². The summed E-state index contributed by atoms with van der Waals surface area (Å²) < 4.78 is 2.18. The van der Waals surface area contributed by atoms with E-state index in [0.717, 1.165) is 4.88 Å². The van der Waals surface area contributed by atoms with Gasteiger partial charge in [-0.3, -0.25) is 9.48 Å². The minimum absolute atomic E-state index is 0.227. The predicted molar refractivity (Wildman–Crippen MR) is 73.5 cm³/mol. The molecular formula is C11H11Cl2N3OS. The van der Waals surface area contributed by atoms with Gasteiger partial charge in [0.2, 0.25) is 0 Å². The summed E-state index contributed by atoms with van der Waals surface area (Å²) in [5.74, 6) is -0.227. The summed E-state index contributed by atoms with van der Waals surface area (Å²) in [4.78, 5) is 13.0. The van der Waals surface area contributed by atoms with E-state index in [9.17, 15) is 4.79 Å². The maximum Gasteiger partial charge on any atom is 0.256 e.